The first-order valence-electron chi connectivity index (χ1n) is 10.5. The van der Waals surface area contributed by atoms with E-state index in [-0.39, 0.29) is 11.9 Å². The van der Waals surface area contributed by atoms with Crippen LogP contribution in [0.2, 0.25) is 5.02 Å². The minimum absolute atomic E-state index is 0.0960. The number of nitrogens with one attached hydrogen (secondary N) is 1. The molecule has 4 aromatic rings. The summed E-state index contributed by atoms with van der Waals surface area (Å²) in [5.74, 6) is 1.14. The van der Waals surface area contributed by atoms with Crippen LogP contribution in [-0.2, 0) is 6.54 Å². The van der Waals surface area contributed by atoms with E-state index in [0.29, 0.717) is 28.8 Å². The number of nitrogens with zero attached hydrogens (tertiary/aromatic N) is 2. The molecule has 1 aromatic heterocycles. The van der Waals surface area contributed by atoms with Gasteiger partial charge in [0.2, 0.25) is 0 Å². The molecule has 2 heterocycles. The van der Waals surface area contributed by atoms with Crippen molar-refractivity contribution in [1.29, 1.82) is 0 Å². The van der Waals surface area contributed by atoms with Crippen LogP contribution in [0.15, 0.2) is 72.8 Å². The van der Waals surface area contributed by atoms with E-state index >= 15 is 0 Å². The highest BCUT2D eigenvalue weighted by Gasteiger charge is 2.42. The van der Waals surface area contributed by atoms with Gasteiger partial charge >= 0.3 is 0 Å². The average molecular weight is 460 g/mol. The predicted octanol–water partition coefficient (Wildman–Crippen LogP) is 5.49. The van der Waals surface area contributed by atoms with Crippen LogP contribution in [0.3, 0.4) is 0 Å². The van der Waals surface area contributed by atoms with Gasteiger partial charge in [0.1, 0.15) is 5.69 Å². The molecule has 7 heteroatoms. The number of rotatable bonds is 6. The van der Waals surface area contributed by atoms with E-state index in [0.717, 1.165) is 27.9 Å². The van der Waals surface area contributed by atoms with Crippen LogP contribution < -0.4 is 9.47 Å². The number of aromatic nitrogens is 2. The number of carbonyl (C=O) groups excluding carboxylic acids is 1. The number of H-pyrrole nitrogens is 1. The molecule has 1 amide bonds. The Morgan fingerprint density at radius 2 is 1.70 bits per heavy atom. The normalized spacial score (nSPS) is 14.9. The summed E-state index contributed by atoms with van der Waals surface area (Å²) in [7, 11) is 3.21. The van der Waals surface area contributed by atoms with Gasteiger partial charge in [0, 0.05) is 22.7 Å². The molecule has 0 spiro atoms. The zero-order valence-corrected chi connectivity index (χ0v) is 19.0. The van der Waals surface area contributed by atoms with Gasteiger partial charge in [0.15, 0.2) is 11.5 Å². The zero-order valence-electron chi connectivity index (χ0n) is 18.2. The van der Waals surface area contributed by atoms with Crippen molar-refractivity contribution in [1.82, 2.24) is 15.1 Å². The Morgan fingerprint density at radius 3 is 2.39 bits per heavy atom. The molecule has 1 aliphatic rings. The van der Waals surface area contributed by atoms with E-state index in [9.17, 15) is 4.79 Å². The van der Waals surface area contributed by atoms with Crippen LogP contribution in [0.5, 0.6) is 11.5 Å². The first kappa shape index (κ1) is 21.1. The van der Waals surface area contributed by atoms with Crippen LogP contribution in [0, 0.1) is 0 Å². The second kappa shape index (κ2) is 8.64. The van der Waals surface area contributed by atoms with Gasteiger partial charge in [0.05, 0.1) is 26.0 Å². The van der Waals surface area contributed by atoms with Crippen LogP contribution in [0.1, 0.15) is 33.2 Å². The summed E-state index contributed by atoms with van der Waals surface area (Å²) in [5.41, 5.74) is 4.90. The maximum Gasteiger partial charge on any atom is 0.273 e. The smallest absolute Gasteiger partial charge is 0.273 e. The molecule has 3 aromatic carbocycles. The van der Waals surface area contributed by atoms with Crippen molar-refractivity contribution in [3.8, 4) is 22.8 Å². The molecule has 0 aliphatic carbocycles. The third-order valence-electron chi connectivity index (χ3n) is 5.90. The third-order valence-corrected chi connectivity index (χ3v) is 6.15. The molecule has 0 fully saturated rings. The molecule has 0 saturated carbocycles. The van der Waals surface area contributed by atoms with E-state index < -0.39 is 0 Å². The zero-order chi connectivity index (χ0) is 22.9. The van der Waals surface area contributed by atoms with E-state index in [1.807, 2.05) is 77.7 Å². The summed E-state index contributed by atoms with van der Waals surface area (Å²) in [6, 6.07) is 22.8. The highest BCUT2D eigenvalue weighted by Crippen LogP contribution is 2.45. The number of benzene rings is 3. The fourth-order valence-corrected chi connectivity index (χ4v) is 4.46. The summed E-state index contributed by atoms with van der Waals surface area (Å²) in [5, 5.41) is 8.14. The van der Waals surface area contributed by atoms with Gasteiger partial charge in [-0.1, -0.05) is 60.1 Å². The minimum atomic E-state index is -0.350. The first-order valence-corrected chi connectivity index (χ1v) is 10.9. The molecule has 6 nitrogen and oxygen atoms in total. The summed E-state index contributed by atoms with van der Waals surface area (Å²) >= 11 is 6.10. The number of hydrogen-bond acceptors (Lipinski definition) is 4. The van der Waals surface area contributed by atoms with Gasteiger partial charge in [-0.2, -0.15) is 5.10 Å². The Bertz CT molecular complexity index is 1300. The summed E-state index contributed by atoms with van der Waals surface area (Å²) in [6.07, 6.45) is 0. The van der Waals surface area contributed by atoms with Gasteiger partial charge < -0.3 is 14.4 Å². The molecule has 0 bridgehead atoms. The van der Waals surface area contributed by atoms with Gasteiger partial charge in [-0.15, -0.1) is 0 Å². The summed E-state index contributed by atoms with van der Waals surface area (Å²) in [6.45, 7) is 0.460. The maximum absolute atomic E-state index is 13.5. The van der Waals surface area contributed by atoms with E-state index in [4.69, 9.17) is 21.1 Å². The summed E-state index contributed by atoms with van der Waals surface area (Å²) in [4.78, 5) is 15.4. The lowest BCUT2D eigenvalue weighted by Gasteiger charge is -2.27. The molecular formula is C26H22ClN3O3. The Balaban J connectivity index is 1.66. The number of aromatic amines is 1. The monoisotopic (exact) mass is 459 g/mol. The molecule has 5 rings (SSSR count). The van der Waals surface area contributed by atoms with Crippen molar-refractivity contribution < 1.29 is 14.3 Å². The Kier molecular flexibility index (Phi) is 5.52. The lowest BCUT2D eigenvalue weighted by atomic mass is 9.95. The first-order chi connectivity index (χ1) is 16.1. The number of methoxy groups -OCH3 is 2. The second-order valence-corrected chi connectivity index (χ2v) is 8.24. The van der Waals surface area contributed by atoms with Gasteiger partial charge in [-0.05, 0) is 35.4 Å². The Hall–Kier alpha value is -3.77. The molecule has 1 N–H and O–H groups in total. The fourth-order valence-electron chi connectivity index (χ4n) is 4.34. The molecule has 166 valence electrons. The van der Waals surface area contributed by atoms with Crippen LogP contribution in [0.4, 0.5) is 0 Å². The largest absolute Gasteiger partial charge is 0.493 e. The standard InChI is InChI=1S/C26H22ClN3O3/c1-32-20-13-10-18(14-21(20)33-2)25-22-23(17-8-11-19(27)12-9-17)28-29-24(22)26(31)30(25)15-16-6-4-3-5-7-16/h3-14,25H,15H2,1-2H3,(H,28,29). The van der Waals surface area contributed by atoms with E-state index in [1.54, 1.807) is 14.2 Å². The van der Waals surface area contributed by atoms with Crippen molar-refractivity contribution >= 4 is 17.5 Å². The molecule has 1 aliphatic heterocycles. The number of hydrogen-bond donors (Lipinski definition) is 1. The number of carbonyl (C=O) groups is 1. The van der Waals surface area contributed by atoms with Crippen LogP contribution >= 0.6 is 11.6 Å². The molecule has 0 saturated heterocycles. The highest BCUT2D eigenvalue weighted by atomic mass is 35.5. The lowest BCUT2D eigenvalue weighted by Crippen LogP contribution is -2.29. The number of amides is 1. The van der Waals surface area contributed by atoms with Crippen LogP contribution in [-0.4, -0.2) is 35.2 Å². The van der Waals surface area contributed by atoms with E-state index in [1.165, 1.54) is 0 Å². The molecule has 0 radical (unpaired) electrons. The number of ether oxygens (including phenoxy) is 2. The van der Waals surface area contributed by atoms with Crippen molar-refractivity contribution in [3.05, 3.63) is 100 Å². The van der Waals surface area contributed by atoms with Gasteiger partial charge in [0.25, 0.3) is 5.91 Å². The van der Waals surface area contributed by atoms with Gasteiger partial charge in [-0.3, -0.25) is 9.89 Å². The van der Waals surface area contributed by atoms with Crippen molar-refractivity contribution in [2.45, 2.75) is 12.6 Å². The molecular weight excluding hydrogens is 438 g/mol. The molecule has 1 atom stereocenters. The lowest BCUT2D eigenvalue weighted by molar-refractivity contribution is 0.0730. The Labute approximate surface area is 196 Å². The topological polar surface area (TPSA) is 67.5 Å². The highest BCUT2D eigenvalue weighted by molar-refractivity contribution is 6.30. The average Bonchev–Trinajstić information content (AvgIpc) is 3.39. The van der Waals surface area contributed by atoms with Crippen LogP contribution in [0.25, 0.3) is 11.3 Å². The van der Waals surface area contributed by atoms with Crippen molar-refractivity contribution in [2.24, 2.45) is 0 Å². The maximum atomic E-state index is 13.5. The quantitative estimate of drug-likeness (QED) is 0.414. The summed E-state index contributed by atoms with van der Waals surface area (Å²) < 4.78 is 11.0. The third kappa shape index (κ3) is 3.72. The fraction of sp³-hybridized carbons (Fsp3) is 0.154. The van der Waals surface area contributed by atoms with Crippen molar-refractivity contribution in [2.75, 3.05) is 14.2 Å². The van der Waals surface area contributed by atoms with E-state index in [2.05, 4.69) is 10.2 Å². The molecule has 1 unspecified atom stereocenters. The number of fused-ring (bicyclic) bond motifs is 1. The SMILES string of the molecule is COc1ccc(C2c3c(-c4ccc(Cl)cc4)n[nH]c3C(=O)N2Cc2ccccc2)cc1OC. The minimum Gasteiger partial charge on any atom is -0.493 e. The van der Waals surface area contributed by atoms with Crippen molar-refractivity contribution in [3.63, 3.8) is 0 Å². The Morgan fingerprint density at radius 1 is 0.970 bits per heavy atom. The van der Waals surface area contributed by atoms with Gasteiger partial charge in [-0.25, -0.2) is 0 Å². The molecule has 33 heavy (non-hydrogen) atoms. The number of halogens is 1. The predicted molar refractivity (Wildman–Crippen MR) is 127 cm³/mol. The second-order valence-electron chi connectivity index (χ2n) is 7.80.